The number of carbonyl (C=O) groups excluding carboxylic acids is 1. The molecule has 1 N–H and O–H groups in total. The van der Waals surface area contributed by atoms with Gasteiger partial charge in [0.1, 0.15) is 5.75 Å². The average Bonchev–Trinajstić information content (AvgIpc) is 3.12. The summed E-state index contributed by atoms with van der Waals surface area (Å²) >= 11 is 7.18. The van der Waals surface area contributed by atoms with Crippen LogP contribution in [0.25, 0.3) is 11.5 Å². The van der Waals surface area contributed by atoms with Gasteiger partial charge >= 0.3 is 0 Å². The number of aromatic nitrogens is 2. The lowest BCUT2D eigenvalue weighted by Crippen LogP contribution is -2.14. The maximum absolute atomic E-state index is 12.0. The van der Waals surface area contributed by atoms with Crippen LogP contribution in [0.1, 0.15) is 6.92 Å². The van der Waals surface area contributed by atoms with Gasteiger partial charge in [-0.3, -0.25) is 4.79 Å². The van der Waals surface area contributed by atoms with E-state index in [-0.39, 0.29) is 11.7 Å². The molecule has 1 amide bonds. The van der Waals surface area contributed by atoms with E-state index >= 15 is 0 Å². The standard InChI is InChI=1S/C18H16ClN3O3S/c1-2-24-13-9-7-12(8-10-13)17-21-22-18(25-17)26-11-16(23)20-15-6-4-3-5-14(15)19/h3-10H,2,11H2,1H3,(H,20,23). The van der Waals surface area contributed by atoms with Crippen molar-refractivity contribution in [3.63, 3.8) is 0 Å². The summed E-state index contributed by atoms with van der Waals surface area (Å²) in [6, 6.07) is 14.4. The van der Waals surface area contributed by atoms with E-state index in [4.69, 9.17) is 20.8 Å². The molecule has 0 aliphatic carbocycles. The zero-order valence-electron chi connectivity index (χ0n) is 13.9. The van der Waals surface area contributed by atoms with E-state index in [2.05, 4.69) is 15.5 Å². The lowest BCUT2D eigenvalue weighted by atomic mass is 10.2. The smallest absolute Gasteiger partial charge is 0.277 e. The number of thioether (sulfide) groups is 1. The molecule has 8 heteroatoms. The third kappa shape index (κ3) is 4.77. The number of para-hydroxylation sites is 1. The van der Waals surface area contributed by atoms with Gasteiger partial charge in [0.15, 0.2) is 0 Å². The number of ether oxygens (including phenoxy) is 1. The molecule has 0 atom stereocenters. The average molecular weight is 390 g/mol. The zero-order valence-corrected chi connectivity index (χ0v) is 15.5. The number of hydrogen-bond donors (Lipinski definition) is 1. The summed E-state index contributed by atoms with van der Waals surface area (Å²) in [5, 5.41) is 11.5. The van der Waals surface area contributed by atoms with Gasteiger partial charge < -0.3 is 14.5 Å². The molecule has 3 aromatic rings. The van der Waals surface area contributed by atoms with Gasteiger partial charge in [0.2, 0.25) is 11.8 Å². The number of amides is 1. The van der Waals surface area contributed by atoms with Crippen LogP contribution in [0.15, 0.2) is 58.2 Å². The van der Waals surface area contributed by atoms with Gasteiger partial charge in [-0.05, 0) is 43.3 Å². The van der Waals surface area contributed by atoms with Crippen molar-refractivity contribution < 1.29 is 13.9 Å². The number of carbonyl (C=O) groups is 1. The zero-order chi connectivity index (χ0) is 18.4. The molecule has 0 unspecified atom stereocenters. The first-order valence-corrected chi connectivity index (χ1v) is 9.26. The summed E-state index contributed by atoms with van der Waals surface area (Å²) in [5.74, 6) is 1.10. The largest absolute Gasteiger partial charge is 0.494 e. The van der Waals surface area contributed by atoms with Crippen LogP contribution < -0.4 is 10.1 Å². The highest BCUT2D eigenvalue weighted by molar-refractivity contribution is 7.99. The van der Waals surface area contributed by atoms with E-state index in [0.717, 1.165) is 23.1 Å². The number of rotatable bonds is 7. The Morgan fingerprint density at radius 1 is 1.19 bits per heavy atom. The Bertz CT molecular complexity index is 883. The minimum Gasteiger partial charge on any atom is -0.494 e. The molecule has 26 heavy (non-hydrogen) atoms. The fraction of sp³-hybridized carbons (Fsp3) is 0.167. The Labute approximate surface area is 159 Å². The minimum absolute atomic E-state index is 0.135. The third-order valence-corrected chi connectivity index (χ3v) is 4.44. The van der Waals surface area contributed by atoms with Crippen molar-refractivity contribution in [1.29, 1.82) is 0 Å². The second-order valence-corrected chi connectivity index (χ2v) is 6.48. The molecule has 1 heterocycles. The normalized spacial score (nSPS) is 10.5. The van der Waals surface area contributed by atoms with E-state index in [1.165, 1.54) is 0 Å². The second kappa shape index (κ2) is 8.73. The predicted molar refractivity (Wildman–Crippen MR) is 102 cm³/mol. The SMILES string of the molecule is CCOc1ccc(-c2nnc(SCC(=O)Nc3ccccc3Cl)o2)cc1. The molecule has 0 radical (unpaired) electrons. The molecule has 0 aliphatic rings. The Hall–Kier alpha value is -2.51. The molecule has 6 nitrogen and oxygen atoms in total. The molecular weight excluding hydrogens is 374 g/mol. The molecule has 0 spiro atoms. The summed E-state index contributed by atoms with van der Waals surface area (Å²) in [6.45, 7) is 2.54. The Morgan fingerprint density at radius 2 is 1.96 bits per heavy atom. The minimum atomic E-state index is -0.205. The molecular formula is C18H16ClN3O3S. The lowest BCUT2D eigenvalue weighted by Gasteiger charge is -2.05. The van der Waals surface area contributed by atoms with Crippen LogP contribution in [-0.2, 0) is 4.79 Å². The van der Waals surface area contributed by atoms with Gasteiger partial charge in [-0.15, -0.1) is 10.2 Å². The van der Waals surface area contributed by atoms with Crippen molar-refractivity contribution >= 4 is 35.0 Å². The van der Waals surface area contributed by atoms with E-state index in [0.29, 0.717) is 28.4 Å². The van der Waals surface area contributed by atoms with E-state index < -0.39 is 0 Å². The quantitative estimate of drug-likeness (QED) is 0.598. The van der Waals surface area contributed by atoms with E-state index in [1.807, 2.05) is 31.2 Å². The van der Waals surface area contributed by atoms with Crippen LogP contribution >= 0.6 is 23.4 Å². The topological polar surface area (TPSA) is 77.2 Å². The highest BCUT2D eigenvalue weighted by Crippen LogP contribution is 2.25. The van der Waals surface area contributed by atoms with Crippen molar-refractivity contribution in [2.24, 2.45) is 0 Å². The van der Waals surface area contributed by atoms with Crippen molar-refractivity contribution in [3.8, 4) is 17.2 Å². The molecule has 0 saturated heterocycles. The maximum atomic E-state index is 12.0. The number of halogens is 1. The van der Waals surface area contributed by atoms with Crippen molar-refractivity contribution in [1.82, 2.24) is 10.2 Å². The van der Waals surface area contributed by atoms with Crippen LogP contribution in [0.2, 0.25) is 5.02 Å². The molecule has 3 rings (SSSR count). The highest BCUT2D eigenvalue weighted by Gasteiger charge is 2.12. The van der Waals surface area contributed by atoms with Crippen LogP contribution in [-0.4, -0.2) is 28.5 Å². The molecule has 2 aromatic carbocycles. The fourth-order valence-electron chi connectivity index (χ4n) is 2.12. The summed E-state index contributed by atoms with van der Waals surface area (Å²) in [6.07, 6.45) is 0. The molecule has 1 aromatic heterocycles. The molecule has 0 fully saturated rings. The summed E-state index contributed by atoms with van der Waals surface area (Å²) in [7, 11) is 0. The van der Waals surface area contributed by atoms with Gasteiger partial charge in [0.05, 0.1) is 23.1 Å². The van der Waals surface area contributed by atoms with Gasteiger partial charge in [-0.1, -0.05) is 35.5 Å². The Morgan fingerprint density at radius 3 is 2.69 bits per heavy atom. The third-order valence-electron chi connectivity index (χ3n) is 3.29. The lowest BCUT2D eigenvalue weighted by molar-refractivity contribution is -0.113. The van der Waals surface area contributed by atoms with E-state index in [9.17, 15) is 4.79 Å². The first-order valence-electron chi connectivity index (χ1n) is 7.89. The number of nitrogens with one attached hydrogen (secondary N) is 1. The van der Waals surface area contributed by atoms with Crippen molar-refractivity contribution in [2.75, 3.05) is 17.7 Å². The molecule has 0 aliphatic heterocycles. The molecule has 134 valence electrons. The maximum Gasteiger partial charge on any atom is 0.277 e. The van der Waals surface area contributed by atoms with Crippen LogP contribution in [0, 0.1) is 0 Å². The van der Waals surface area contributed by atoms with Gasteiger partial charge in [-0.25, -0.2) is 0 Å². The van der Waals surface area contributed by atoms with Gasteiger partial charge in [0, 0.05) is 5.56 Å². The number of nitrogens with zero attached hydrogens (tertiary/aromatic N) is 2. The van der Waals surface area contributed by atoms with Gasteiger partial charge in [-0.2, -0.15) is 0 Å². The van der Waals surface area contributed by atoms with Crippen LogP contribution in [0.3, 0.4) is 0 Å². The molecule has 0 saturated carbocycles. The number of anilines is 1. The summed E-state index contributed by atoms with van der Waals surface area (Å²) in [4.78, 5) is 12.0. The van der Waals surface area contributed by atoms with Crippen molar-refractivity contribution in [2.45, 2.75) is 12.1 Å². The summed E-state index contributed by atoms with van der Waals surface area (Å²) < 4.78 is 11.0. The number of benzene rings is 2. The Kier molecular flexibility index (Phi) is 6.14. The highest BCUT2D eigenvalue weighted by atomic mass is 35.5. The Balaban J connectivity index is 1.56. The van der Waals surface area contributed by atoms with Crippen LogP contribution in [0.5, 0.6) is 5.75 Å². The van der Waals surface area contributed by atoms with Crippen LogP contribution in [0.4, 0.5) is 5.69 Å². The fourth-order valence-corrected chi connectivity index (χ4v) is 2.87. The predicted octanol–water partition coefficient (Wildman–Crippen LogP) is 4.52. The first kappa shape index (κ1) is 18.3. The van der Waals surface area contributed by atoms with Gasteiger partial charge in [0.25, 0.3) is 5.22 Å². The second-order valence-electron chi connectivity index (χ2n) is 5.15. The summed E-state index contributed by atoms with van der Waals surface area (Å²) in [5.41, 5.74) is 1.36. The molecule has 0 bridgehead atoms. The van der Waals surface area contributed by atoms with Crippen molar-refractivity contribution in [3.05, 3.63) is 53.6 Å². The van der Waals surface area contributed by atoms with E-state index in [1.54, 1.807) is 24.3 Å². The number of hydrogen-bond acceptors (Lipinski definition) is 6. The first-order chi connectivity index (χ1) is 12.7. The monoisotopic (exact) mass is 389 g/mol.